The standard InChI is InChI=1S/C35H32ClNO4S/c1-22-14-16-23(17-15-22)18-28-31(24-10-9-11-26(36)19-24)32(35(42-5)37(28)27-12-7-6-8-13-27)33(38)25-20-29(39-2)34(41-4)30(21-25)40-3/h6-17,19-21H,18H2,1-5H3. The van der Waals surface area contributed by atoms with Crippen LogP contribution in [0.25, 0.3) is 16.8 Å². The van der Waals surface area contributed by atoms with E-state index < -0.39 is 0 Å². The maximum absolute atomic E-state index is 14.7. The maximum Gasteiger partial charge on any atom is 0.203 e. The molecule has 1 aromatic heterocycles. The van der Waals surface area contributed by atoms with E-state index in [2.05, 4.69) is 47.9 Å². The molecule has 0 saturated carbocycles. The van der Waals surface area contributed by atoms with Gasteiger partial charge in [-0.15, -0.1) is 11.8 Å². The Labute approximate surface area is 256 Å². The van der Waals surface area contributed by atoms with Crippen molar-refractivity contribution < 1.29 is 19.0 Å². The van der Waals surface area contributed by atoms with Gasteiger partial charge in [-0.2, -0.15) is 0 Å². The second-order valence-electron chi connectivity index (χ2n) is 9.79. The third-order valence-corrected chi connectivity index (χ3v) is 8.20. The Kier molecular flexibility index (Phi) is 8.95. The van der Waals surface area contributed by atoms with Gasteiger partial charge in [-0.05, 0) is 60.7 Å². The molecule has 5 rings (SSSR count). The highest BCUT2D eigenvalue weighted by Crippen LogP contribution is 2.44. The molecule has 0 aliphatic heterocycles. The summed E-state index contributed by atoms with van der Waals surface area (Å²) in [7, 11) is 4.63. The summed E-state index contributed by atoms with van der Waals surface area (Å²) in [6.07, 6.45) is 2.60. The van der Waals surface area contributed by atoms with Crippen LogP contribution >= 0.6 is 23.4 Å². The fourth-order valence-electron chi connectivity index (χ4n) is 5.23. The van der Waals surface area contributed by atoms with E-state index in [-0.39, 0.29) is 5.78 Å². The van der Waals surface area contributed by atoms with Crippen molar-refractivity contribution >= 4 is 29.1 Å². The number of carbonyl (C=O) groups is 1. The number of methoxy groups -OCH3 is 3. The van der Waals surface area contributed by atoms with E-state index >= 15 is 0 Å². The Morgan fingerprint density at radius 1 is 0.833 bits per heavy atom. The maximum atomic E-state index is 14.7. The lowest BCUT2D eigenvalue weighted by atomic mass is 9.93. The van der Waals surface area contributed by atoms with E-state index in [9.17, 15) is 4.79 Å². The molecular formula is C35H32ClNO4S. The summed E-state index contributed by atoms with van der Waals surface area (Å²) >= 11 is 8.08. The van der Waals surface area contributed by atoms with Crippen molar-refractivity contribution in [1.82, 2.24) is 4.57 Å². The predicted octanol–water partition coefficient (Wildman–Crippen LogP) is 8.68. The molecule has 0 unspecified atom stereocenters. The third kappa shape index (κ3) is 5.65. The van der Waals surface area contributed by atoms with Crippen LogP contribution in [0, 0.1) is 6.92 Å². The molecule has 5 nitrogen and oxygen atoms in total. The van der Waals surface area contributed by atoms with Gasteiger partial charge in [0.05, 0.1) is 31.9 Å². The molecule has 42 heavy (non-hydrogen) atoms. The molecule has 4 aromatic carbocycles. The topological polar surface area (TPSA) is 49.7 Å². The van der Waals surface area contributed by atoms with Gasteiger partial charge in [0.2, 0.25) is 5.75 Å². The average molecular weight is 598 g/mol. The van der Waals surface area contributed by atoms with Gasteiger partial charge in [-0.25, -0.2) is 0 Å². The minimum absolute atomic E-state index is 0.159. The normalized spacial score (nSPS) is 10.9. The highest BCUT2D eigenvalue weighted by molar-refractivity contribution is 7.98. The summed E-state index contributed by atoms with van der Waals surface area (Å²) < 4.78 is 18.9. The number of rotatable bonds is 10. The highest BCUT2D eigenvalue weighted by Gasteiger charge is 2.31. The summed E-state index contributed by atoms with van der Waals surface area (Å²) in [6, 6.07) is 29.7. The van der Waals surface area contributed by atoms with Crippen molar-refractivity contribution in [3.63, 3.8) is 0 Å². The van der Waals surface area contributed by atoms with Crippen LogP contribution in [-0.2, 0) is 6.42 Å². The number of halogens is 1. The Hall–Kier alpha value is -4.13. The van der Waals surface area contributed by atoms with Crippen LogP contribution in [0.1, 0.15) is 32.7 Å². The average Bonchev–Trinajstić information content (AvgIpc) is 3.35. The lowest BCUT2D eigenvalue weighted by Crippen LogP contribution is -2.06. The van der Waals surface area contributed by atoms with E-state index in [1.54, 1.807) is 33.5 Å². The molecule has 0 N–H and O–H groups in total. The van der Waals surface area contributed by atoms with Crippen molar-refractivity contribution in [1.29, 1.82) is 0 Å². The molecule has 7 heteroatoms. The summed E-state index contributed by atoms with van der Waals surface area (Å²) in [6.45, 7) is 2.08. The van der Waals surface area contributed by atoms with E-state index in [1.165, 1.54) is 17.3 Å². The van der Waals surface area contributed by atoms with Gasteiger partial charge in [-0.3, -0.25) is 4.79 Å². The molecular weight excluding hydrogens is 566 g/mol. The zero-order chi connectivity index (χ0) is 29.8. The second kappa shape index (κ2) is 12.8. The van der Waals surface area contributed by atoms with Crippen molar-refractivity contribution in [2.45, 2.75) is 18.4 Å². The largest absolute Gasteiger partial charge is 0.493 e. The SMILES string of the molecule is COc1cc(C(=O)c2c(-c3cccc(Cl)c3)c(Cc3ccc(C)cc3)n(-c3ccccc3)c2SC)cc(OC)c1OC. The van der Waals surface area contributed by atoms with E-state index in [0.29, 0.717) is 39.8 Å². The number of thioether (sulfide) groups is 1. The summed E-state index contributed by atoms with van der Waals surface area (Å²) in [5.74, 6) is 1.10. The molecule has 1 heterocycles. The third-order valence-electron chi connectivity index (χ3n) is 7.19. The van der Waals surface area contributed by atoms with Gasteiger partial charge >= 0.3 is 0 Å². The monoisotopic (exact) mass is 597 g/mol. The molecule has 0 aliphatic rings. The lowest BCUT2D eigenvalue weighted by Gasteiger charge is -2.14. The first-order chi connectivity index (χ1) is 20.4. The van der Waals surface area contributed by atoms with Crippen LogP contribution in [-0.4, -0.2) is 37.9 Å². The molecule has 0 aliphatic carbocycles. The zero-order valence-corrected chi connectivity index (χ0v) is 25.8. The smallest absolute Gasteiger partial charge is 0.203 e. The zero-order valence-electron chi connectivity index (χ0n) is 24.2. The first kappa shape index (κ1) is 29.4. The molecule has 0 amide bonds. The molecule has 214 valence electrons. The summed E-state index contributed by atoms with van der Waals surface area (Å²) in [5.41, 5.74) is 7.01. The first-order valence-electron chi connectivity index (χ1n) is 13.4. The number of ether oxygens (including phenoxy) is 3. The number of aromatic nitrogens is 1. The Balaban J connectivity index is 1.86. The van der Waals surface area contributed by atoms with E-state index in [4.69, 9.17) is 25.8 Å². The predicted molar refractivity (Wildman–Crippen MR) is 172 cm³/mol. The molecule has 0 fully saturated rings. The Morgan fingerprint density at radius 3 is 2.07 bits per heavy atom. The Morgan fingerprint density at radius 2 is 1.50 bits per heavy atom. The number of para-hydroxylation sites is 1. The van der Waals surface area contributed by atoms with Crippen LogP contribution in [0.2, 0.25) is 5.02 Å². The van der Waals surface area contributed by atoms with Crippen LogP contribution in [0.15, 0.2) is 96.0 Å². The molecule has 0 radical (unpaired) electrons. The van der Waals surface area contributed by atoms with Gasteiger partial charge < -0.3 is 18.8 Å². The molecule has 0 saturated heterocycles. The van der Waals surface area contributed by atoms with Gasteiger partial charge in [0, 0.05) is 34.0 Å². The number of benzene rings is 4. The van der Waals surface area contributed by atoms with Gasteiger partial charge in [0.25, 0.3) is 0 Å². The van der Waals surface area contributed by atoms with Crippen molar-refractivity contribution in [2.24, 2.45) is 0 Å². The fraction of sp³-hybridized carbons (Fsp3) is 0.171. The number of ketones is 1. The first-order valence-corrected chi connectivity index (χ1v) is 15.0. The van der Waals surface area contributed by atoms with Gasteiger partial charge in [0.15, 0.2) is 17.3 Å². The van der Waals surface area contributed by atoms with E-state index in [1.807, 2.05) is 48.7 Å². The molecule has 5 aromatic rings. The van der Waals surface area contributed by atoms with Gasteiger partial charge in [0.1, 0.15) is 0 Å². The van der Waals surface area contributed by atoms with Crippen molar-refractivity contribution in [2.75, 3.05) is 27.6 Å². The van der Waals surface area contributed by atoms with Crippen molar-refractivity contribution in [3.05, 3.63) is 124 Å². The number of nitrogens with zero attached hydrogens (tertiary/aromatic N) is 1. The minimum atomic E-state index is -0.159. The van der Waals surface area contributed by atoms with Gasteiger partial charge in [-0.1, -0.05) is 71.8 Å². The quantitative estimate of drug-likeness (QED) is 0.119. The fourth-order valence-corrected chi connectivity index (χ4v) is 6.22. The van der Waals surface area contributed by atoms with E-state index in [0.717, 1.165) is 33.1 Å². The van der Waals surface area contributed by atoms with Crippen LogP contribution in [0.5, 0.6) is 17.2 Å². The molecule has 0 spiro atoms. The number of carbonyl (C=O) groups excluding carboxylic acids is 1. The highest BCUT2D eigenvalue weighted by atomic mass is 35.5. The molecule has 0 bridgehead atoms. The number of hydrogen-bond donors (Lipinski definition) is 0. The van der Waals surface area contributed by atoms with Crippen LogP contribution < -0.4 is 14.2 Å². The number of aryl methyl sites for hydroxylation is 1. The Bertz CT molecular complexity index is 1700. The summed E-state index contributed by atoms with van der Waals surface area (Å²) in [4.78, 5) is 14.7. The van der Waals surface area contributed by atoms with Crippen molar-refractivity contribution in [3.8, 4) is 34.1 Å². The molecule has 0 atom stereocenters. The summed E-state index contributed by atoms with van der Waals surface area (Å²) in [5, 5.41) is 1.43. The number of hydrogen-bond acceptors (Lipinski definition) is 5. The van der Waals surface area contributed by atoms with Crippen LogP contribution in [0.4, 0.5) is 0 Å². The second-order valence-corrected chi connectivity index (χ2v) is 11.0. The lowest BCUT2D eigenvalue weighted by molar-refractivity contribution is 0.103. The minimum Gasteiger partial charge on any atom is -0.493 e. The van der Waals surface area contributed by atoms with Crippen LogP contribution in [0.3, 0.4) is 0 Å².